The van der Waals surface area contributed by atoms with Crippen LogP contribution >= 0.6 is 0 Å². The molecule has 0 atom stereocenters. The standard InChI is InChI=1S/C21H24F3N3O3/c1-13-16(4-5-19(26-13)21(22,23)24)20(28)25-7-9-27-8-6-14-10-17(29-2)18(30-3)11-15(14)12-27/h4-5,10-11H,6-9,12H2,1-3H3,(H,25,28). The zero-order valence-electron chi connectivity index (χ0n) is 17.1. The lowest BCUT2D eigenvalue weighted by molar-refractivity contribution is -0.141. The van der Waals surface area contributed by atoms with Gasteiger partial charge in [0.25, 0.3) is 5.91 Å². The number of benzene rings is 1. The van der Waals surface area contributed by atoms with Crippen LogP contribution in [-0.4, -0.2) is 49.6 Å². The van der Waals surface area contributed by atoms with Crippen LogP contribution in [0.4, 0.5) is 13.2 Å². The predicted octanol–water partition coefficient (Wildman–Crippen LogP) is 3.21. The van der Waals surface area contributed by atoms with E-state index >= 15 is 0 Å². The maximum atomic E-state index is 12.7. The third kappa shape index (κ3) is 4.84. The Hall–Kier alpha value is -2.81. The monoisotopic (exact) mass is 423 g/mol. The van der Waals surface area contributed by atoms with E-state index in [1.807, 2.05) is 12.1 Å². The molecule has 0 spiro atoms. The molecule has 162 valence electrons. The van der Waals surface area contributed by atoms with Crippen LogP contribution in [0.3, 0.4) is 0 Å². The predicted molar refractivity (Wildman–Crippen MR) is 105 cm³/mol. The first-order valence-electron chi connectivity index (χ1n) is 9.52. The van der Waals surface area contributed by atoms with Gasteiger partial charge in [0.2, 0.25) is 0 Å². The Balaban J connectivity index is 1.57. The van der Waals surface area contributed by atoms with Crippen LogP contribution in [0, 0.1) is 6.92 Å². The Labute approximate surface area is 173 Å². The van der Waals surface area contributed by atoms with Gasteiger partial charge in [-0.3, -0.25) is 9.69 Å². The van der Waals surface area contributed by atoms with Crippen molar-refractivity contribution >= 4 is 5.91 Å². The van der Waals surface area contributed by atoms with Crippen molar-refractivity contribution in [3.63, 3.8) is 0 Å². The summed E-state index contributed by atoms with van der Waals surface area (Å²) in [5, 5.41) is 2.76. The van der Waals surface area contributed by atoms with Crippen molar-refractivity contribution in [1.82, 2.24) is 15.2 Å². The molecular formula is C21H24F3N3O3. The number of amides is 1. The highest BCUT2D eigenvalue weighted by atomic mass is 19.4. The van der Waals surface area contributed by atoms with Gasteiger partial charge in [-0.05, 0) is 48.7 Å². The minimum absolute atomic E-state index is 0.0512. The molecule has 1 aliphatic rings. The van der Waals surface area contributed by atoms with E-state index in [4.69, 9.17) is 9.47 Å². The van der Waals surface area contributed by atoms with E-state index in [1.54, 1.807) is 14.2 Å². The molecule has 2 heterocycles. The molecule has 0 saturated heterocycles. The Morgan fingerprint density at radius 1 is 1.17 bits per heavy atom. The van der Waals surface area contributed by atoms with Crippen molar-refractivity contribution in [2.24, 2.45) is 0 Å². The largest absolute Gasteiger partial charge is 0.493 e. The van der Waals surface area contributed by atoms with Crippen LogP contribution in [0.2, 0.25) is 0 Å². The third-order valence-electron chi connectivity index (χ3n) is 5.13. The zero-order valence-corrected chi connectivity index (χ0v) is 17.1. The SMILES string of the molecule is COc1cc2c(cc1OC)CN(CCNC(=O)c1ccc(C(F)(F)F)nc1C)CC2. The average Bonchev–Trinajstić information content (AvgIpc) is 2.71. The first-order chi connectivity index (χ1) is 14.2. The highest BCUT2D eigenvalue weighted by molar-refractivity contribution is 5.95. The van der Waals surface area contributed by atoms with E-state index in [0.29, 0.717) is 31.1 Å². The van der Waals surface area contributed by atoms with E-state index in [9.17, 15) is 18.0 Å². The van der Waals surface area contributed by atoms with Crippen LogP contribution in [0.25, 0.3) is 0 Å². The summed E-state index contributed by atoms with van der Waals surface area (Å²) >= 11 is 0. The molecule has 0 fully saturated rings. The van der Waals surface area contributed by atoms with Crippen LogP contribution in [-0.2, 0) is 19.1 Å². The summed E-state index contributed by atoms with van der Waals surface area (Å²) in [5.74, 6) is 0.951. The summed E-state index contributed by atoms with van der Waals surface area (Å²) in [6.45, 7) is 3.94. The molecule has 0 aliphatic carbocycles. The number of aromatic nitrogens is 1. The molecule has 2 aromatic rings. The van der Waals surface area contributed by atoms with Gasteiger partial charge in [-0.15, -0.1) is 0 Å². The van der Waals surface area contributed by atoms with Crippen LogP contribution in [0.5, 0.6) is 11.5 Å². The van der Waals surface area contributed by atoms with Crippen molar-refractivity contribution in [1.29, 1.82) is 0 Å². The van der Waals surface area contributed by atoms with Crippen molar-refractivity contribution in [3.05, 3.63) is 52.3 Å². The van der Waals surface area contributed by atoms with Crippen molar-refractivity contribution < 1.29 is 27.4 Å². The lowest BCUT2D eigenvalue weighted by Gasteiger charge is -2.29. The first kappa shape index (κ1) is 21.9. The number of carbonyl (C=O) groups is 1. The molecule has 9 heteroatoms. The van der Waals surface area contributed by atoms with Gasteiger partial charge in [0.05, 0.1) is 25.5 Å². The van der Waals surface area contributed by atoms with Gasteiger partial charge in [-0.2, -0.15) is 13.2 Å². The average molecular weight is 423 g/mol. The maximum Gasteiger partial charge on any atom is 0.433 e. The Kier molecular flexibility index (Phi) is 6.50. The van der Waals surface area contributed by atoms with E-state index in [0.717, 1.165) is 30.7 Å². The Morgan fingerprint density at radius 3 is 2.43 bits per heavy atom. The molecule has 1 aromatic carbocycles. The molecule has 1 aliphatic heterocycles. The summed E-state index contributed by atoms with van der Waals surface area (Å²) in [6, 6.07) is 5.95. The van der Waals surface area contributed by atoms with Crippen LogP contribution in [0.1, 0.15) is 32.9 Å². The molecule has 0 unspecified atom stereocenters. The normalized spacial score (nSPS) is 14.2. The van der Waals surface area contributed by atoms with Crippen LogP contribution < -0.4 is 14.8 Å². The fourth-order valence-corrected chi connectivity index (χ4v) is 3.51. The number of halogens is 3. The number of aryl methyl sites for hydroxylation is 1. The highest BCUT2D eigenvalue weighted by Crippen LogP contribution is 2.33. The number of fused-ring (bicyclic) bond motifs is 1. The van der Waals surface area contributed by atoms with Gasteiger partial charge in [0, 0.05) is 26.2 Å². The van der Waals surface area contributed by atoms with Gasteiger partial charge >= 0.3 is 6.18 Å². The number of nitrogens with zero attached hydrogens (tertiary/aromatic N) is 2. The Bertz CT molecular complexity index is 932. The van der Waals surface area contributed by atoms with Crippen molar-refractivity contribution in [3.8, 4) is 11.5 Å². The van der Waals surface area contributed by atoms with E-state index in [2.05, 4.69) is 15.2 Å². The molecule has 1 aromatic heterocycles. The molecule has 6 nitrogen and oxygen atoms in total. The highest BCUT2D eigenvalue weighted by Gasteiger charge is 2.33. The number of ether oxygens (including phenoxy) is 2. The fourth-order valence-electron chi connectivity index (χ4n) is 3.51. The number of nitrogens with one attached hydrogen (secondary N) is 1. The number of hydrogen-bond acceptors (Lipinski definition) is 5. The molecule has 30 heavy (non-hydrogen) atoms. The summed E-state index contributed by atoms with van der Waals surface area (Å²) in [4.78, 5) is 18.0. The van der Waals surface area contributed by atoms with E-state index < -0.39 is 17.8 Å². The van der Waals surface area contributed by atoms with Gasteiger partial charge in [-0.25, -0.2) is 4.98 Å². The number of rotatable bonds is 6. The molecule has 3 rings (SSSR count). The van der Waals surface area contributed by atoms with E-state index in [-0.39, 0.29) is 11.3 Å². The summed E-state index contributed by atoms with van der Waals surface area (Å²) < 4.78 is 48.9. The number of pyridine rings is 1. The number of alkyl halides is 3. The molecule has 1 N–H and O–H groups in total. The number of methoxy groups -OCH3 is 2. The van der Waals surface area contributed by atoms with Crippen LogP contribution in [0.15, 0.2) is 24.3 Å². The fraction of sp³-hybridized carbons (Fsp3) is 0.429. The second kappa shape index (κ2) is 8.91. The molecule has 1 amide bonds. The van der Waals surface area contributed by atoms with Crippen molar-refractivity contribution in [2.45, 2.75) is 26.1 Å². The lowest BCUT2D eigenvalue weighted by Crippen LogP contribution is -2.38. The molecular weight excluding hydrogens is 399 g/mol. The minimum Gasteiger partial charge on any atom is -0.493 e. The van der Waals surface area contributed by atoms with Gasteiger partial charge < -0.3 is 14.8 Å². The minimum atomic E-state index is -4.53. The third-order valence-corrected chi connectivity index (χ3v) is 5.13. The summed E-state index contributed by atoms with van der Waals surface area (Å²) in [6.07, 6.45) is -3.68. The van der Waals surface area contributed by atoms with Gasteiger partial charge in [0.15, 0.2) is 11.5 Å². The lowest BCUT2D eigenvalue weighted by atomic mass is 9.99. The first-order valence-corrected chi connectivity index (χ1v) is 9.52. The topological polar surface area (TPSA) is 63.7 Å². The summed E-state index contributed by atoms with van der Waals surface area (Å²) in [7, 11) is 3.20. The van der Waals surface area contributed by atoms with Gasteiger partial charge in [-0.1, -0.05) is 0 Å². The second-order valence-corrected chi connectivity index (χ2v) is 7.09. The van der Waals surface area contributed by atoms with E-state index in [1.165, 1.54) is 12.5 Å². The molecule has 0 saturated carbocycles. The number of carbonyl (C=O) groups excluding carboxylic acids is 1. The quantitative estimate of drug-likeness (QED) is 0.773. The maximum absolute atomic E-state index is 12.7. The summed E-state index contributed by atoms with van der Waals surface area (Å²) in [5.41, 5.74) is 1.54. The molecule has 0 bridgehead atoms. The molecule has 0 radical (unpaired) electrons. The smallest absolute Gasteiger partial charge is 0.433 e. The van der Waals surface area contributed by atoms with Crippen molar-refractivity contribution in [2.75, 3.05) is 33.9 Å². The zero-order chi connectivity index (χ0) is 21.9. The Morgan fingerprint density at radius 2 is 1.83 bits per heavy atom. The van der Waals surface area contributed by atoms with Gasteiger partial charge in [0.1, 0.15) is 5.69 Å². The number of hydrogen-bond donors (Lipinski definition) is 1. The second-order valence-electron chi connectivity index (χ2n) is 7.09.